The van der Waals surface area contributed by atoms with E-state index in [1.807, 2.05) is 24.3 Å². The Balaban J connectivity index is 1.49. The molecule has 1 saturated heterocycles. The van der Waals surface area contributed by atoms with E-state index in [2.05, 4.69) is 22.3 Å². The molecule has 5 nitrogen and oxygen atoms in total. The van der Waals surface area contributed by atoms with Crippen molar-refractivity contribution in [2.75, 3.05) is 32.1 Å². The van der Waals surface area contributed by atoms with Gasteiger partial charge in [-0.2, -0.15) is 0 Å². The number of rotatable bonds is 7. The Kier molecular flexibility index (Phi) is 5.90. The van der Waals surface area contributed by atoms with Crippen LogP contribution in [0.3, 0.4) is 0 Å². The number of hydrogen-bond donors (Lipinski definition) is 1. The second kappa shape index (κ2) is 8.53. The number of amides is 1. The maximum atomic E-state index is 12.1. The van der Waals surface area contributed by atoms with Gasteiger partial charge < -0.3 is 14.8 Å². The van der Waals surface area contributed by atoms with Crippen molar-refractivity contribution < 1.29 is 14.3 Å². The van der Waals surface area contributed by atoms with Crippen LogP contribution < -0.4 is 14.8 Å². The maximum Gasteiger partial charge on any atom is 0.262 e. The first-order chi connectivity index (χ1) is 12.2. The van der Waals surface area contributed by atoms with Crippen LogP contribution in [0.5, 0.6) is 11.5 Å². The molecule has 1 N–H and O–H groups in total. The van der Waals surface area contributed by atoms with E-state index in [4.69, 9.17) is 9.47 Å². The summed E-state index contributed by atoms with van der Waals surface area (Å²) in [4.78, 5) is 14.5. The highest BCUT2D eigenvalue weighted by atomic mass is 16.5. The van der Waals surface area contributed by atoms with Crippen LogP contribution in [0.15, 0.2) is 48.5 Å². The van der Waals surface area contributed by atoms with Gasteiger partial charge in [0.25, 0.3) is 5.91 Å². The lowest BCUT2D eigenvalue weighted by molar-refractivity contribution is -0.118. The lowest BCUT2D eigenvalue weighted by atomic mass is 10.2. The number of hydrogen-bond acceptors (Lipinski definition) is 4. The predicted octanol–water partition coefficient (Wildman–Crippen LogP) is 3.31. The SMILES string of the molecule is COc1ccccc1OCC(=O)Nc1ccc(CN2CCCC2)cc1. The summed E-state index contributed by atoms with van der Waals surface area (Å²) in [6.45, 7) is 3.28. The molecule has 1 amide bonds. The van der Waals surface area contributed by atoms with E-state index in [0.717, 1.165) is 12.2 Å². The maximum absolute atomic E-state index is 12.1. The molecule has 1 aliphatic heterocycles. The molecule has 2 aromatic carbocycles. The molecule has 1 fully saturated rings. The zero-order valence-electron chi connectivity index (χ0n) is 14.5. The van der Waals surface area contributed by atoms with E-state index < -0.39 is 0 Å². The summed E-state index contributed by atoms with van der Waals surface area (Å²) < 4.78 is 10.7. The number of carbonyl (C=O) groups is 1. The van der Waals surface area contributed by atoms with Gasteiger partial charge >= 0.3 is 0 Å². The van der Waals surface area contributed by atoms with Crippen molar-refractivity contribution in [3.05, 3.63) is 54.1 Å². The lowest BCUT2D eigenvalue weighted by Gasteiger charge is -2.15. The fourth-order valence-corrected chi connectivity index (χ4v) is 2.97. The topological polar surface area (TPSA) is 50.8 Å². The second-order valence-electron chi connectivity index (χ2n) is 6.17. The minimum atomic E-state index is -0.196. The van der Waals surface area contributed by atoms with Crippen molar-refractivity contribution in [3.63, 3.8) is 0 Å². The zero-order chi connectivity index (χ0) is 17.5. The number of ether oxygens (including phenoxy) is 2. The smallest absolute Gasteiger partial charge is 0.262 e. The average Bonchev–Trinajstić information content (AvgIpc) is 3.15. The molecule has 25 heavy (non-hydrogen) atoms. The third kappa shape index (κ3) is 4.97. The van der Waals surface area contributed by atoms with Crippen molar-refractivity contribution in [2.45, 2.75) is 19.4 Å². The van der Waals surface area contributed by atoms with Gasteiger partial charge in [0.1, 0.15) is 0 Å². The Bertz CT molecular complexity index is 694. The minimum absolute atomic E-state index is 0.0596. The van der Waals surface area contributed by atoms with Gasteiger partial charge in [0.2, 0.25) is 0 Å². The first-order valence-corrected chi connectivity index (χ1v) is 8.61. The largest absolute Gasteiger partial charge is 0.493 e. The Labute approximate surface area is 148 Å². The summed E-state index contributed by atoms with van der Waals surface area (Å²) in [7, 11) is 1.58. The van der Waals surface area contributed by atoms with Gasteiger partial charge in [-0.3, -0.25) is 9.69 Å². The molecule has 0 atom stereocenters. The number of anilines is 1. The van der Waals surface area contributed by atoms with Gasteiger partial charge in [0.05, 0.1) is 7.11 Å². The van der Waals surface area contributed by atoms with Crippen molar-refractivity contribution in [2.24, 2.45) is 0 Å². The minimum Gasteiger partial charge on any atom is -0.493 e. The summed E-state index contributed by atoms with van der Waals surface area (Å²) in [5, 5.41) is 2.85. The highest BCUT2D eigenvalue weighted by Crippen LogP contribution is 2.25. The van der Waals surface area contributed by atoms with Crippen LogP contribution in [0.4, 0.5) is 5.69 Å². The van der Waals surface area contributed by atoms with Gasteiger partial charge in [0, 0.05) is 12.2 Å². The molecule has 3 rings (SSSR count). The molecule has 0 unspecified atom stereocenters. The van der Waals surface area contributed by atoms with Crippen LogP contribution in [0.25, 0.3) is 0 Å². The Morgan fingerprint density at radius 3 is 2.40 bits per heavy atom. The molecular weight excluding hydrogens is 316 g/mol. The summed E-state index contributed by atoms with van der Waals surface area (Å²) in [5.74, 6) is 0.973. The molecule has 1 heterocycles. The quantitative estimate of drug-likeness (QED) is 0.840. The van der Waals surface area contributed by atoms with Crippen molar-refractivity contribution in [3.8, 4) is 11.5 Å². The van der Waals surface area contributed by atoms with Gasteiger partial charge in [-0.15, -0.1) is 0 Å². The van der Waals surface area contributed by atoms with Gasteiger partial charge in [-0.25, -0.2) is 0 Å². The van der Waals surface area contributed by atoms with E-state index in [1.165, 1.54) is 31.5 Å². The number of likely N-dealkylation sites (tertiary alicyclic amines) is 1. The molecule has 0 aliphatic carbocycles. The van der Waals surface area contributed by atoms with E-state index in [1.54, 1.807) is 19.2 Å². The highest BCUT2D eigenvalue weighted by Gasteiger charge is 2.12. The first-order valence-electron chi connectivity index (χ1n) is 8.61. The molecule has 0 bridgehead atoms. The molecule has 0 saturated carbocycles. The average molecular weight is 340 g/mol. The Hall–Kier alpha value is -2.53. The molecule has 5 heteroatoms. The van der Waals surface area contributed by atoms with Crippen molar-refractivity contribution in [1.82, 2.24) is 4.90 Å². The van der Waals surface area contributed by atoms with Gasteiger partial charge in [-0.1, -0.05) is 24.3 Å². The molecule has 132 valence electrons. The summed E-state index contributed by atoms with van der Waals surface area (Å²) in [6, 6.07) is 15.3. The van der Waals surface area contributed by atoms with Crippen LogP contribution in [-0.4, -0.2) is 37.6 Å². The van der Waals surface area contributed by atoms with Crippen LogP contribution in [0.1, 0.15) is 18.4 Å². The fraction of sp³-hybridized carbons (Fsp3) is 0.350. The normalized spacial score (nSPS) is 14.3. The number of methoxy groups -OCH3 is 1. The monoisotopic (exact) mass is 340 g/mol. The van der Waals surface area contributed by atoms with Crippen LogP contribution >= 0.6 is 0 Å². The predicted molar refractivity (Wildman–Crippen MR) is 98.1 cm³/mol. The van der Waals surface area contributed by atoms with E-state index in [-0.39, 0.29) is 12.5 Å². The third-order valence-electron chi connectivity index (χ3n) is 4.27. The number of nitrogens with zero attached hydrogens (tertiary/aromatic N) is 1. The highest BCUT2D eigenvalue weighted by molar-refractivity contribution is 5.91. The fourth-order valence-electron chi connectivity index (χ4n) is 2.97. The molecule has 0 spiro atoms. The zero-order valence-corrected chi connectivity index (χ0v) is 14.5. The lowest BCUT2D eigenvalue weighted by Crippen LogP contribution is -2.20. The number of carbonyl (C=O) groups excluding carboxylic acids is 1. The molecular formula is C20H24N2O3. The first kappa shape index (κ1) is 17.3. The van der Waals surface area contributed by atoms with Gasteiger partial charge in [0.15, 0.2) is 18.1 Å². The van der Waals surface area contributed by atoms with E-state index >= 15 is 0 Å². The van der Waals surface area contributed by atoms with Crippen LogP contribution in [-0.2, 0) is 11.3 Å². The third-order valence-corrected chi connectivity index (χ3v) is 4.27. The van der Waals surface area contributed by atoms with Crippen molar-refractivity contribution in [1.29, 1.82) is 0 Å². The van der Waals surface area contributed by atoms with Crippen LogP contribution in [0.2, 0.25) is 0 Å². The molecule has 2 aromatic rings. The standard InChI is InChI=1S/C20H24N2O3/c1-24-18-6-2-3-7-19(18)25-15-20(23)21-17-10-8-16(9-11-17)14-22-12-4-5-13-22/h2-3,6-11H,4-5,12-15H2,1H3,(H,21,23). The summed E-state index contributed by atoms with van der Waals surface area (Å²) in [5.41, 5.74) is 2.05. The van der Waals surface area contributed by atoms with Crippen LogP contribution in [0, 0.1) is 0 Å². The van der Waals surface area contributed by atoms with E-state index in [9.17, 15) is 4.79 Å². The molecule has 1 aliphatic rings. The number of benzene rings is 2. The summed E-state index contributed by atoms with van der Waals surface area (Å²) >= 11 is 0. The van der Waals surface area contributed by atoms with Crippen molar-refractivity contribution >= 4 is 11.6 Å². The number of nitrogens with one attached hydrogen (secondary N) is 1. The summed E-state index contributed by atoms with van der Waals surface area (Å²) in [6.07, 6.45) is 2.58. The Morgan fingerprint density at radius 1 is 1.04 bits per heavy atom. The van der Waals surface area contributed by atoms with E-state index in [0.29, 0.717) is 11.5 Å². The second-order valence-corrected chi connectivity index (χ2v) is 6.17. The number of para-hydroxylation sites is 2. The molecule has 0 aromatic heterocycles. The van der Waals surface area contributed by atoms with Gasteiger partial charge in [-0.05, 0) is 55.8 Å². The Morgan fingerprint density at radius 2 is 1.72 bits per heavy atom. The molecule has 0 radical (unpaired) electrons.